The maximum absolute atomic E-state index is 13.6. The summed E-state index contributed by atoms with van der Waals surface area (Å²) in [5.74, 6) is 1.92. The minimum atomic E-state index is -4.21. The number of aromatic nitrogens is 3. The van der Waals surface area contributed by atoms with Crippen LogP contribution in [-0.2, 0) is 10.0 Å². The van der Waals surface area contributed by atoms with Crippen LogP contribution in [0.1, 0.15) is 43.0 Å². The summed E-state index contributed by atoms with van der Waals surface area (Å²) in [6.07, 6.45) is 2.32. The van der Waals surface area contributed by atoms with Gasteiger partial charge in [0.15, 0.2) is 22.1 Å². The molecule has 3 N–H and O–H groups in total. The van der Waals surface area contributed by atoms with Crippen LogP contribution in [0.25, 0.3) is 11.0 Å². The molecule has 39 heavy (non-hydrogen) atoms. The number of sulfonamides is 1. The molecule has 0 amide bonds. The van der Waals surface area contributed by atoms with Gasteiger partial charge in [-0.2, -0.15) is 5.10 Å². The van der Waals surface area contributed by atoms with Crippen molar-refractivity contribution >= 4 is 38.3 Å². The number of nitrogens with one attached hydrogen (secondary N) is 3. The Balaban J connectivity index is 1.48. The van der Waals surface area contributed by atoms with E-state index in [1.165, 1.54) is 21.3 Å². The van der Waals surface area contributed by atoms with E-state index in [4.69, 9.17) is 18.7 Å². The fourth-order valence-electron chi connectivity index (χ4n) is 4.33. The number of hydrogen-bond acceptors (Lipinski definition) is 10. The van der Waals surface area contributed by atoms with Gasteiger partial charge in [-0.15, -0.1) is 0 Å². The summed E-state index contributed by atoms with van der Waals surface area (Å²) in [7, 11) is 4.00. The second kappa shape index (κ2) is 10.3. The van der Waals surface area contributed by atoms with E-state index in [9.17, 15) is 8.42 Å². The summed E-state index contributed by atoms with van der Waals surface area (Å²) >= 11 is 0. The molecule has 1 aliphatic carbocycles. The number of benzene rings is 2. The first kappa shape index (κ1) is 26.6. The van der Waals surface area contributed by atoms with Crippen LogP contribution in [0.5, 0.6) is 17.2 Å². The zero-order chi connectivity index (χ0) is 27.9. The number of methoxy groups -OCH3 is 3. The highest BCUT2D eigenvalue weighted by atomic mass is 32.2. The molecular formula is C26H32N6O6S. The summed E-state index contributed by atoms with van der Waals surface area (Å²) in [6.45, 7) is 2.00. The third-order valence-corrected chi connectivity index (χ3v) is 8.31. The van der Waals surface area contributed by atoms with Crippen LogP contribution in [0.4, 0.5) is 17.3 Å². The molecule has 0 aliphatic heterocycles. The molecule has 1 fully saturated rings. The van der Waals surface area contributed by atoms with Gasteiger partial charge in [-0.05, 0) is 57.6 Å². The highest BCUT2D eigenvalue weighted by Crippen LogP contribution is 2.42. The van der Waals surface area contributed by atoms with E-state index in [0.717, 1.165) is 24.1 Å². The van der Waals surface area contributed by atoms with Gasteiger partial charge in [-0.1, -0.05) is 5.16 Å². The van der Waals surface area contributed by atoms with E-state index >= 15 is 0 Å². The largest absolute Gasteiger partial charge is 0.495 e. The molecule has 13 heteroatoms. The average molecular weight is 557 g/mol. The monoisotopic (exact) mass is 556 g/mol. The summed E-state index contributed by atoms with van der Waals surface area (Å²) in [5.41, 5.74) is 2.87. The van der Waals surface area contributed by atoms with Crippen molar-refractivity contribution in [2.24, 2.45) is 0 Å². The minimum Gasteiger partial charge on any atom is -0.495 e. The third kappa shape index (κ3) is 5.19. The molecule has 0 spiro atoms. The summed E-state index contributed by atoms with van der Waals surface area (Å²) in [4.78, 5) is 1.85. The minimum absolute atomic E-state index is 0.000446. The van der Waals surface area contributed by atoms with Gasteiger partial charge in [0, 0.05) is 29.8 Å². The smallest absolute Gasteiger partial charge is 0.270 e. The van der Waals surface area contributed by atoms with E-state index in [1.54, 1.807) is 24.3 Å². The van der Waals surface area contributed by atoms with Crippen molar-refractivity contribution in [3.8, 4) is 17.2 Å². The van der Waals surface area contributed by atoms with Crippen LogP contribution in [0.15, 0.2) is 39.8 Å². The number of fused-ring (bicyclic) bond motifs is 1. The van der Waals surface area contributed by atoms with Crippen LogP contribution in [0, 0.1) is 0 Å². The number of hydrogen-bond donors (Lipinski definition) is 3. The molecule has 2 aromatic carbocycles. The van der Waals surface area contributed by atoms with Crippen LogP contribution in [-0.4, -0.2) is 64.1 Å². The molecule has 0 bridgehead atoms. The Morgan fingerprint density at radius 1 is 1.03 bits per heavy atom. The van der Waals surface area contributed by atoms with Gasteiger partial charge in [0.25, 0.3) is 10.0 Å². The molecule has 0 radical (unpaired) electrons. The van der Waals surface area contributed by atoms with E-state index in [0.29, 0.717) is 34.1 Å². The lowest BCUT2D eigenvalue weighted by molar-refractivity contribution is 0.316. The number of rotatable bonds is 11. The van der Waals surface area contributed by atoms with Gasteiger partial charge >= 0.3 is 0 Å². The molecule has 0 unspecified atom stereocenters. The lowest BCUT2D eigenvalue weighted by atomic mass is 10.1. The van der Waals surface area contributed by atoms with Gasteiger partial charge in [-0.25, -0.2) is 8.42 Å². The van der Waals surface area contributed by atoms with Gasteiger partial charge < -0.3 is 29.0 Å². The fourth-order valence-corrected chi connectivity index (χ4v) is 5.65. The van der Waals surface area contributed by atoms with Crippen LogP contribution < -0.4 is 24.2 Å². The zero-order valence-electron chi connectivity index (χ0n) is 22.7. The highest BCUT2D eigenvalue weighted by Gasteiger charge is 2.29. The molecule has 4 aromatic rings. The maximum Gasteiger partial charge on any atom is 0.270 e. The first-order valence-corrected chi connectivity index (χ1v) is 13.9. The molecule has 208 valence electrons. The van der Waals surface area contributed by atoms with Crippen molar-refractivity contribution < 1.29 is 27.2 Å². The summed E-state index contributed by atoms with van der Waals surface area (Å²) in [5, 5.41) is 15.0. The fraction of sp³-hybridized carbons (Fsp3) is 0.385. The van der Waals surface area contributed by atoms with E-state index in [1.807, 2.05) is 32.0 Å². The molecule has 1 atom stereocenters. The average Bonchev–Trinajstić information content (AvgIpc) is 3.56. The lowest BCUT2D eigenvalue weighted by Crippen LogP contribution is -2.19. The molecular weight excluding hydrogens is 524 g/mol. The van der Waals surface area contributed by atoms with Crippen LogP contribution in [0.2, 0.25) is 0 Å². The van der Waals surface area contributed by atoms with Crippen molar-refractivity contribution in [3.05, 3.63) is 41.6 Å². The maximum atomic E-state index is 13.6. The van der Waals surface area contributed by atoms with Crippen molar-refractivity contribution in [2.75, 3.05) is 45.5 Å². The lowest BCUT2D eigenvalue weighted by Gasteiger charge is -2.23. The normalized spacial score (nSPS) is 14.4. The standard InChI is InChI=1S/C26H32N6O6S/c1-14(32(2)3)16-9-22(36-5)25(23(10-16)37-6)39(33,34)31-26-17-11-21(35-4)19(12-20(17)38-30-26)27-24-13-18(28-29-24)15-7-8-15/h9-15H,7-8H2,1-6H3,(H,30,31)(H2,27,28,29)/t14-/m1/s1. The number of nitrogens with zero attached hydrogens (tertiary/aromatic N) is 3. The first-order chi connectivity index (χ1) is 18.6. The Labute approximate surface area is 226 Å². The number of H-pyrrole nitrogens is 1. The molecule has 12 nitrogen and oxygen atoms in total. The number of aromatic amines is 1. The summed E-state index contributed by atoms with van der Waals surface area (Å²) < 4.78 is 51.8. The van der Waals surface area contributed by atoms with Gasteiger partial charge in [0.1, 0.15) is 17.2 Å². The molecule has 5 rings (SSSR count). The van der Waals surface area contributed by atoms with Gasteiger partial charge in [-0.3, -0.25) is 9.82 Å². The van der Waals surface area contributed by atoms with E-state index in [2.05, 4.69) is 25.4 Å². The van der Waals surface area contributed by atoms with Crippen molar-refractivity contribution in [2.45, 2.75) is 36.6 Å². The molecule has 1 aliphatic rings. The Morgan fingerprint density at radius 2 is 1.69 bits per heavy atom. The van der Waals surface area contributed by atoms with Crippen LogP contribution >= 0.6 is 0 Å². The predicted molar refractivity (Wildman–Crippen MR) is 147 cm³/mol. The predicted octanol–water partition coefficient (Wildman–Crippen LogP) is 4.62. The third-order valence-electron chi connectivity index (χ3n) is 6.91. The molecule has 1 saturated carbocycles. The van der Waals surface area contributed by atoms with Crippen molar-refractivity contribution in [3.63, 3.8) is 0 Å². The summed E-state index contributed by atoms with van der Waals surface area (Å²) in [6, 6.07) is 8.67. The second-order valence-electron chi connectivity index (χ2n) is 9.69. The van der Waals surface area contributed by atoms with Crippen molar-refractivity contribution in [1.82, 2.24) is 20.3 Å². The highest BCUT2D eigenvalue weighted by molar-refractivity contribution is 7.93. The Hall–Kier alpha value is -3.97. The Bertz CT molecular complexity index is 1580. The number of anilines is 3. The first-order valence-electron chi connectivity index (χ1n) is 12.4. The Morgan fingerprint density at radius 3 is 2.28 bits per heavy atom. The van der Waals surface area contributed by atoms with Crippen molar-refractivity contribution in [1.29, 1.82) is 0 Å². The zero-order valence-corrected chi connectivity index (χ0v) is 23.5. The van der Waals surface area contributed by atoms with E-state index < -0.39 is 10.0 Å². The quantitative estimate of drug-likeness (QED) is 0.239. The van der Waals surface area contributed by atoms with Gasteiger partial charge in [0.2, 0.25) is 0 Å². The molecule has 2 heterocycles. The van der Waals surface area contributed by atoms with Crippen LogP contribution in [0.3, 0.4) is 0 Å². The number of ether oxygens (including phenoxy) is 3. The molecule has 0 saturated heterocycles. The van der Waals surface area contributed by atoms with Gasteiger partial charge in [0.05, 0.1) is 32.4 Å². The van der Waals surface area contributed by atoms with E-state index in [-0.39, 0.29) is 28.3 Å². The Kier molecular flexibility index (Phi) is 7.03. The molecule has 2 aromatic heterocycles. The second-order valence-corrected chi connectivity index (χ2v) is 11.3. The topological polar surface area (TPSA) is 144 Å². The SMILES string of the molecule is COc1cc2c(NS(=O)(=O)c3c(OC)cc([C@@H](C)N(C)C)cc3OC)noc2cc1Nc1cc(C2CC2)[nH]n1.